The number of ether oxygens (including phenoxy) is 2. The maximum Gasteiger partial charge on any atom is 0.194 e. The number of aryl methyl sites for hydroxylation is 1. The zero-order chi connectivity index (χ0) is 14.7. The number of carbonyl (C=O) groups excluding carboxylic acids is 1. The van der Waals surface area contributed by atoms with Crippen molar-refractivity contribution in [1.29, 1.82) is 0 Å². The van der Waals surface area contributed by atoms with Crippen LogP contribution in [0.2, 0.25) is 0 Å². The molecule has 0 saturated carbocycles. The van der Waals surface area contributed by atoms with Crippen LogP contribution < -0.4 is 9.47 Å². The molecule has 0 aliphatic carbocycles. The third-order valence-electron chi connectivity index (χ3n) is 3.08. The van der Waals surface area contributed by atoms with Crippen LogP contribution in [0, 0.1) is 10.5 Å². The first-order valence-corrected chi connectivity index (χ1v) is 7.18. The first kappa shape index (κ1) is 14.8. The molecule has 2 aromatic carbocycles. The molecule has 104 valence electrons. The van der Waals surface area contributed by atoms with Crippen molar-refractivity contribution in [2.45, 2.75) is 6.92 Å². The Morgan fingerprint density at radius 1 is 1.05 bits per heavy atom. The van der Waals surface area contributed by atoms with Crippen LogP contribution >= 0.6 is 22.6 Å². The minimum absolute atomic E-state index is 0.0148. The fourth-order valence-corrected chi connectivity index (χ4v) is 2.56. The predicted octanol–water partition coefficient (Wildman–Crippen LogP) is 3.85. The summed E-state index contributed by atoms with van der Waals surface area (Å²) in [5, 5.41) is 0. The molecule has 0 heterocycles. The highest BCUT2D eigenvalue weighted by molar-refractivity contribution is 14.1. The molecule has 2 rings (SSSR count). The second-order valence-electron chi connectivity index (χ2n) is 4.34. The molecule has 0 radical (unpaired) electrons. The standard InChI is InChI=1S/C16H15IO3/c1-10-5-4-6-12(15(10)17)16(18)11-7-8-13(19-2)14(9-11)20-3/h4-9H,1-3H3. The van der Waals surface area contributed by atoms with Gasteiger partial charge in [-0.2, -0.15) is 0 Å². The molecule has 20 heavy (non-hydrogen) atoms. The molecule has 2 aromatic rings. The molecular weight excluding hydrogens is 367 g/mol. The summed E-state index contributed by atoms with van der Waals surface area (Å²) in [7, 11) is 3.13. The molecule has 0 N–H and O–H groups in total. The van der Waals surface area contributed by atoms with Crippen molar-refractivity contribution in [3.8, 4) is 11.5 Å². The van der Waals surface area contributed by atoms with E-state index in [1.165, 1.54) is 0 Å². The second-order valence-corrected chi connectivity index (χ2v) is 5.41. The minimum atomic E-state index is -0.0148. The van der Waals surface area contributed by atoms with Crippen molar-refractivity contribution in [2.75, 3.05) is 14.2 Å². The summed E-state index contributed by atoms with van der Waals surface area (Å²) < 4.78 is 11.4. The Hall–Kier alpha value is -1.56. The smallest absolute Gasteiger partial charge is 0.194 e. The molecule has 0 spiro atoms. The number of carbonyl (C=O) groups is 1. The van der Waals surface area contributed by atoms with Crippen LogP contribution in [-0.4, -0.2) is 20.0 Å². The van der Waals surface area contributed by atoms with Gasteiger partial charge in [0.05, 0.1) is 14.2 Å². The largest absolute Gasteiger partial charge is 0.493 e. The quantitative estimate of drug-likeness (QED) is 0.596. The van der Waals surface area contributed by atoms with Gasteiger partial charge in [0.15, 0.2) is 17.3 Å². The SMILES string of the molecule is COc1ccc(C(=O)c2cccc(C)c2I)cc1OC. The molecule has 0 aromatic heterocycles. The Bertz CT molecular complexity index is 650. The number of rotatable bonds is 4. The van der Waals surface area contributed by atoms with Crippen molar-refractivity contribution in [3.63, 3.8) is 0 Å². The maximum absolute atomic E-state index is 12.6. The maximum atomic E-state index is 12.6. The number of benzene rings is 2. The number of methoxy groups -OCH3 is 2. The van der Waals surface area contributed by atoms with Crippen LogP contribution in [0.4, 0.5) is 0 Å². The lowest BCUT2D eigenvalue weighted by molar-refractivity contribution is 0.103. The van der Waals surface area contributed by atoms with Gasteiger partial charge in [0.25, 0.3) is 0 Å². The lowest BCUT2D eigenvalue weighted by Gasteiger charge is -2.10. The molecule has 0 bridgehead atoms. The number of hydrogen-bond donors (Lipinski definition) is 0. The van der Waals surface area contributed by atoms with Gasteiger partial charge in [-0.05, 0) is 59.3 Å². The number of ketones is 1. The second kappa shape index (κ2) is 6.26. The molecule has 0 amide bonds. The monoisotopic (exact) mass is 382 g/mol. The lowest BCUT2D eigenvalue weighted by atomic mass is 10.0. The Labute approximate surface area is 132 Å². The first-order chi connectivity index (χ1) is 9.58. The van der Waals surface area contributed by atoms with Crippen LogP contribution in [0.15, 0.2) is 36.4 Å². The first-order valence-electron chi connectivity index (χ1n) is 6.10. The zero-order valence-electron chi connectivity index (χ0n) is 11.6. The average Bonchev–Trinajstić information content (AvgIpc) is 2.48. The molecule has 0 aliphatic heterocycles. The highest BCUT2D eigenvalue weighted by Crippen LogP contribution is 2.29. The molecular formula is C16H15IO3. The van der Waals surface area contributed by atoms with E-state index in [0.29, 0.717) is 22.6 Å². The Morgan fingerprint density at radius 3 is 2.40 bits per heavy atom. The third-order valence-corrected chi connectivity index (χ3v) is 4.51. The molecule has 0 fully saturated rings. The summed E-state index contributed by atoms with van der Waals surface area (Å²) in [6, 6.07) is 10.9. The highest BCUT2D eigenvalue weighted by atomic mass is 127. The van der Waals surface area contributed by atoms with E-state index in [1.807, 2.05) is 25.1 Å². The van der Waals surface area contributed by atoms with E-state index in [0.717, 1.165) is 9.13 Å². The van der Waals surface area contributed by atoms with Crippen molar-refractivity contribution >= 4 is 28.4 Å². The van der Waals surface area contributed by atoms with Crippen molar-refractivity contribution < 1.29 is 14.3 Å². The summed E-state index contributed by atoms with van der Waals surface area (Å²) in [6.07, 6.45) is 0. The van der Waals surface area contributed by atoms with Crippen molar-refractivity contribution in [1.82, 2.24) is 0 Å². The summed E-state index contributed by atoms with van der Waals surface area (Å²) in [5.41, 5.74) is 2.39. The fourth-order valence-electron chi connectivity index (χ4n) is 1.96. The Morgan fingerprint density at radius 2 is 1.75 bits per heavy atom. The van der Waals surface area contributed by atoms with Gasteiger partial charge in [0.1, 0.15) is 0 Å². The summed E-state index contributed by atoms with van der Waals surface area (Å²) in [6.45, 7) is 1.99. The van der Waals surface area contributed by atoms with Gasteiger partial charge in [-0.25, -0.2) is 0 Å². The Balaban J connectivity index is 2.46. The molecule has 0 atom stereocenters. The van der Waals surface area contributed by atoms with E-state index in [1.54, 1.807) is 32.4 Å². The molecule has 0 unspecified atom stereocenters. The third kappa shape index (κ3) is 2.80. The van der Waals surface area contributed by atoms with Gasteiger partial charge < -0.3 is 9.47 Å². The van der Waals surface area contributed by atoms with Gasteiger partial charge in [-0.3, -0.25) is 4.79 Å². The minimum Gasteiger partial charge on any atom is -0.493 e. The van der Waals surface area contributed by atoms with Gasteiger partial charge in [-0.1, -0.05) is 12.1 Å². The van der Waals surface area contributed by atoms with Crippen LogP contribution in [0.5, 0.6) is 11.5 Å². The van der Waals surface area contributed by atoms with Gasteiger partial charge in [0.2, 0.25) is 0 Å². The molecule has 0 aliphatic rings. The number of hydrogen-bond acceptors (Lipinski definition) is 3. The van der Waals surface area contributed by atoms with E-state index in [2.05, 4.69) is 22.6 Å². The van der Waals surface area contributed by atoms with Crippen LogP contribution in [0.3, 0.4) is 0 Å². The van der Waals surface area contributed by atoms with Crippen molar-refractivity contribution in [3.05, 3.63) is 56.7 Å². The molecule has 4 heteroatoms. The topological polar surface area (TPSA) is 35.5 Å². The van der Waals surface area contributed by atoms with E-state index in [9.17, 15) is 4.79 Å². The highest BCUT2D eigenvalue weighted by Gasteiger charge is 2.15. The van der Waals surface area contributed by atoms with E-state index < -0.39 is 0 Å². The Kier molecular flexibility index (Phi) is 4.65. The fraction of sp³-hybridized carbons (Fsp3) is 0.188. The van der Waals surface area contributed by atoms with Crippen LogP contribution in [0.25, 0.3) is 0 Å². The van der Waals surface area contributed by atoms with Gasteiger partial charge in [-0.15, -0.1) is 0 Å². The molecule has 3 nitrogen and oxygen atoms in total. The molecule has 0 saturated heterocycles. The summed E-state index contributed by atoms with van der Waals surface area (Å²) in [5.74, 6) is 1.16. The van der Waals surface area contributed by atoms with E-state index in [-0.39, 0.29) is 5.78 Å². The normalized spacial score (nSPS) is 10.2. The van der Waals surface area contributed by atoms with Crippen molar-refractivity contribution in [2.24, 2.45) is 0 Å². The van der Waals surface area contributed by atoms with Gasteiger partial charge in [0, 0.05) is 14.7 Å². The van der Waals surface area contributed by atoms with E-state index >= 15 is 0 Å². The van der Waals surface area contributed by atoms with Crippen LogP contribution in [-0.2, 0) is 0 Å². The summed E-state index contributed by atoms with van der Waals surface area (Å²) in [4.78, 5) is 12.6. The van der Waals surface area contributed by atoms with Crippen LogP contribution in [0.1, 0.15) is 21.5 Å². The summed E-state index contributed by atoms with van der Waals surface area (Å²) >= 11 is 2.20. The zero-order valence-corrected chi connectivity index (χ0v) is 13.7. The average molecular weight is 382 g/mol. The predicted molar refractivity (Wildman–Crippen MR) is 86.9 cm³/mol. The van der Waals surface area contributed by atoms with Gasteiger partial charge >= 0.3 is 0 Å². The lowest BCUT2D eigenvalue weighted by Crippen LogP contribution is -2.05. The number of halogens is 1. The van der Waals surface area contributed by atoms with E-state index in [4.69, 9.17) is 9.47 Å².